The van der Waals surface area contributed by atoms with Crippen molar-refractivity contribution in [2.45, 2.75) is 32.2 Å². The molecule has 174 valence electrons. The average molecular weight is 550 g/mol. The molecular weight excluding hydrogens is 515 g/mol. The Hall–Kier alpha value is -1.94. The summed E-state index contributed by atoms with van der Waals surface area (Å²) in [5.41, 5.74) is 2.33. The van der Waals surface area contributed by atoms with Gasteiger partial charge in [0.2, 0.25) is 5.91 Å². The van der Waals surface area contributed by atoms with E-state index in [1.54, 1.807) is 0 Å². The number of aliphatic imine (C=N–C) groups is 1. The maximum atomic E-state index is 12.7. The Morgan fingerprint density at radius 3 is 2.50 bits per heavy atom. The van der Waals surface area contributed by atoms with E-state index in [1.807, 2.05) is 24.2 Å². The quantitative estimate of drug-likeness (QED) is 0.353. The highest BCUT2D eigenvalue weighted by molar-refractivity contribution is 14.0. The van der Waals surface area contributed by atoms with Gasteiger partial charge in [0, 0.05) is 64.4 Å². The fourth-order valence-electron chi connectivity index (χ4n) is 4.69. The summed E-state index contributed by atoms with van der Waals surface area (Å²) in [7, 11) is 1.84. The molecule has 4 rings (SSSR count). The van der Waals surface area contributed by atoms with Gasteiger partial charge in [0.15, 0.2) is 5.96 Å². The maximum Gasteiger partial charge on any atom is 0.239 e. The Labute approximate surface area is 208 Å². The average Bonchev–Trinajstić information content (AvgIpc) is 3.36. The van der Waals surface area contributed by atoms with Crippen LogP contribution >= 0.6 is 24.0 Å². The number of pyridine rings is 1. The normalized spacial score (nSPS) is 18.5. The van der Waals surface area contributed by atoms with Crippen LogP contribution in [0.3, 0.4) is 0 Å². The Bertz CT molecular complexity index is 916. The van der Waals surface area contributed by atoms with Crippen LogP contribution in [0, 0.1) is 0 Å². The van der Waals surface area contributed by atoms with Gasteiger partial charge in [-0.15, -0.1) is 24.0 Å². The van der Waals surface area contributed by atoms with Gasteiger partial charge in [0.25, 0.3) is 0 Å². The Kier molecular flexibility index (Phi) is 9.10. The fourth-order valence-corrected chi connectivity index (χ4v) is 4.69. The molecule has 2 aliphatic heterocycles. The molecular formula is C24H35IN6O. The lowest BCUT2D eigenvalue weighted by atomic mass is 10.1. The van der Waals surface area contributed by atoms with Crippen molar-refractivity contribution in [2.75, 3.05) is 52.9 Å². The zero-order valence-electron chi connectivity index (χ0n) is 19.2. The van der Waals surface area contributed by atoms with Crippen LogP contribution in [0.25, 0.3) is 10.9 Å². The number of carbonyl (C=O) groups excluding carboxylic acids is 1. The van der Waals surface area contributed by atoms with E-state index in [4.69, 9.17) is 0 Å². The van der Waals surface area contributed by atoms with Crippen molar-refractivity contribution in [1.82, 2.24) is 25.0 Å². The number of amides is 1. The van der Waals surface area contributed by atoms with Crippen molar-refractivity contribution >= 4 is 46.7 Å². The van der Waals surface area contributed by atoms with Crippen LogP contribution in [0.2, 0.25) is 0 Å². The minimum absolute atomic E-state index is 0. The molecule has 1 N–H and O–H groups in total. The highest BCUT2D eigenvalue weighted by Gasteiger charge is 2.30. The van der Waals surface area contributed by atoms with Gasteiger partial charge < -0.3 is 15.1 Å². The van der Waals surface area contributed by atoms with Gasteiger partial charge in [-0.1, -0.05) is 24.3 Å². The molecule has 2 aliphatic rings. The second-order valence-electron chi connectivity index (χ2n) is 8.45. The van der Waals surface area contributed by atoms with Crippen molar-refractivity contribution in [3.05, 3.63) is 42.1 Å². The van der Waals surface area contributed by atoms with E-state index in [0.717, 1.165) is 76.6 Å². The molecule has 8 heteroatoms. The SMILES string of the molecule is CN=C(NCCc1cccc2cccnc12)N1CCN(C(C)C(=O)N2CCCC2)CC1.I. The first-order chi connectivity index (χ1) is 15.2. The number of nitrogens with one attached hydrogen (secondary N) is 1. The lowest BCUT2D eigenvalue weighted by Crippen LogP contribution is -2.57. The summed E-state index contributed by atoms with van der Waals surface area (Å²) in [6, 6.07) is 10.4. The summed E-state index contributed by atoms with van der Waals surface area (Å²) >= 11 is 0. The molecule has 0 saturated carbocycles. The fraction of sp³-hybridized carbons (Fsp3) is 0.542. The lowest BCUT2D eigenvalue weighted by Gasteiger charge is -2.39. The summed E-state index contributed by atoms with van der Waals surface area (Å²) in [5, 5.41) is 4.70. The standard InChI is InChI=1S/C24H34N6O.HI/c1-19(23(31)29-13-3-4-14-29)28-15-17-30(18-16-28)24(25-2)27-12-10-21-8-5-7-20-9-6-11-26-22(20)21;/h5-9,11,19H,3-4,10,12-18H2,1-2H3,(H,25,27);1H. The number of benzene rings is 1. The molecule has 1 aromatic carbocycles. The number of hydrogen-bond acceptors (Lipinski definition) is 4. The second kappa shape index (κ2) is 11.8. The van der Waals surface area contributed by atoms with Crippen LogP contribution in [0.4, 0.5) is 0 Å². The van der Waals surface area contributed by atoms with Gasteiger partial charge >= 0.3 is 0 Å². The molecule has 0 bridgehead atoms. The third-order valence-corrected chi connectivity index (χ3v) is 6.54. The summed E-state index contributed by atoms with van der Waals surface area (Å²) in [4.78, 5) is 28.4. The van der Waals surface area contributed by atoms with Crippen molar-refractivity contribution in [3.8, 4) is 0 Å². The Morgan fingerprint density at radius 1 is 1.06 bits per heavy atom. The third-order valence-electron chi connectivity index (χ3n) is 6.54. The van der Waals surface area contributed by atoms with Crippen molar-refractivity contribution < 1.29 is 4.79 Å². The number of fused-ring (bicyclic) bond motifs is 1. The predicted octanol–water partition coefficient (Wildman–Crippen LogP) is 2.60. The number of hydrogen-bond donors (Lipinski definition) is 1. The number of halogens is 1. The number of guanidine groups is 1. The largest absolute Gasteiger partial charge is 0.356 e. The van der Waals surface area contributed by atoms with E-state index in [1.165, 1.54) is 10.9 Å². The van der Waals surface area contributed by atoms with Crippen LogP contribution in [-0.2, 0) is 11.2 Å². The van der Waals surface area contributed by atoms with E-state index in [-0.39, 0.29) is 35.9 Å². The monoisotopic (exact) mass is 550 g/mol. The second-order valence-corrected chi connectivity index (χ2v) is 8.45. The van der Waals surface area contributed by atoms with Gasteiger partial charge in [-0.05, 0) is 37.8 Å². The molecule has 1 aromatic heterocycles. The van der Waals surface area contributed by atoms with E-state index in [0.29, 0.717) is 0 Å². The molecule has 0 spiro atoms. The highest BCUT2D eigenvalue weighted by atomic mass is 127. The van der Waals surface area contributed by atoms with Crippen LogP contribution in [0.1, 0.15) is 25.3 Å². The Morgan fingerprint density at radius 2 is 1.78 bits per heavy atom. The predicted molar refractivity (Wildman–Crippen MR) is 141 cm³/mol. The number of likely N-dealkylation sites (tertiary alicyclic amines) is 1. The molecule has 1 unspecified atom stereocenters. The van der Waals surface area contributed by atoms with Gasteiger partial charge in [-0.3, -0.25) is 19.7 Å². The van der Waals surface area contributed by atoms with E-state index < -0.39 is 0 Å². The maximum absolute atomic E-state index is 12.7. The van der Waals surface area contributed by atoms with Crippen molar-refractivity contribution in [1.29, 1.82) is 0 Å². The van der Waals surface area contributed by atoms with Crippen LogP contribution in [0.5, 0.6) is 0 Å². The van der Waals surface area contributed by atoms with Crippen molar-refractivity contribution in [2.24, 2.45) is 4.99 Å². The molecule has 3 heterocycles. The number of nitrogens with zero attached hydrogens (tertiary/aromatic N) is 5. The number of rotatable bonds is 5. The zero-order chi connectivity index (χ0) is 21.6. The van der Waals surface area contributed by atoms with E-state index >= 15 is 0 Å². The van der Waals surface area contributed by atoms with Crippen LogP contribution in [-0.4, -0.2) is 90.5 Å². The van der Waals surface area contributed by atoms with E-state index in [2.05, 4.69) is 56.3 Å². The highest BCUT2D eigenvalue weighted by Crippen LogP contribution is 2.16. The first kappa shape index (κ1) is 24.7. The molecule has 1 amide bonds. The summed E-state index contributed by atoms with van der Waals surface area (Å²) in [6.45, 7) is 8.25. The van der Waals surface area contributed by atoms with Crippen molar-refractivity contribution in [3.63, 3.8) is 0 Å². The molecule has 2 aromatic rings. The molecule has 32 heavy (non-hydrogen) atoms. The molecule has 1 atom stereocenters. The van der Waals surface area contributed by atoms with Gasteiger partial charge in [-0.2, -0.15) is 0 Å². The molecule has 0 aliphatic carbocycles. The molecule has 2 saturated heterocycles. The third kappa shape index (κ3) is 5.70. The number of para-hydroxylation sites is 1. The first-order valence-corrected chi connectivity index (χ1v) is 11.5. The minimum atomic E-state index is -0.0333. The summed E-state index contributed by atoms with van der Waals surface area (Å²) in [5.74, 6) is 1.23. The number of aromatic nitrogens is 1. The summed E-state index contributed by atoms with van der Waals surface area (Å²) < 4.78 is 0. The minimum Gasteiger partial charge on any atom is -0.356 e. The van der Waals surface area contributed by atoms with Crippen LogP contribution < -0.4 is 5.32 Å². The molecule has 2 fully saturated rings. The van der Waals surface area contributed by atoms with E-state index in [9.17, 15) is 4.79 Å². The number of piperazine rings is 1. The van der Waals surface area contributed by atoms with Gasteiger partial charge in [-0.25, -0.2) is 0 Å². The summed E-state index contributed by atoms with van der Waals surface area (Å²) in [6.07, 6.45) is 5.04. The number of carbonyl (C=O) groups is 1. The topological polar surface area (TPSA) is 64.1 Å². The van der Waals surface area contributed by atoms with Gasteiger partial charge in [0.1, 0.15) is 0 Å². The zero-order valence-corrected chi connectivity index (χ0v) is 21.5. The molecule has 0 radical (unpaired) electrons. The lowest BCUT2D eigenvalue weighted by molar-refractivity contribution is -0.135. The first-order valence-electron chi connectivity index (χ1n) is 11.5. The van der Waals surface area contributed by atoms with Crippen LogP contribution in [0.15, 0.2) is 41.5 Å². The van der Waals surface area contributed by atoms with Gasteiger partial charge in [0.05, 0.1) is 11.6 Å². The molecule has 7 nitrogen and oxygen atoms in total. The smallest absolute Gasteiger partial charge is 0.239 e. The Balaban J connectivity index is 0.00000289.